The molecule has 2 aromatic rings. The van der Waals surface area contributed by atoms with Gasteiger partial charge >= 0.3 is 5.97 Å². The second-order valence-electron chi connectivity index (χ2n) is 6.46. The van der Waals surface area contributed by atoms with Crippen molar-refractivity contribution >= 4 is 11.5 Å². The number of aliphatic hydroxyl groups excluding tert-OH is 1. The van der Waals surface area contributed by atoms with E-state index < -0.39 is 18.2 Å². The Morgan fingerprint density at radius 3 is 2.54 bits per heavy atom. The van der Waals surface area contributed by atoms with Gasteiger partial charge in [0.05, 0.1) is 25.9 Å². The third kappa shape index (κ3) is 4.32. The molecular formula is C23H24O5. The molecule has 0 unspecified atom stereocenters. The lowest BCUT2D eigenvalue weighted by Crippen LogP contribution is -2.41. The smallest absolute Gasteiger partial charge is 0.338 e. The van der Waals surface area contributed by atoms with Crippen molar-refractivity contribution in [3.63, 3.8) is 0 Å². The van der Waals surface area contributed by atoms with Crippen molar-refractivity contribution in [2.24, 2.45) is 0 Å². The lowest BCUT2D eigenvalue weighted by atomic mass is 9.88. The van der Waals surface area contributed by atoms with Crippen LogP contribution in [-0.4, -0.2) is 43.6 Å². The van der Waals surface area contributed by atoms with Gasteiger partial charge in [-0.25, -0.2) is 4.79 Å². The molecule has 0 fully saturated rings. The summed E-state index contributed by atoms with van der Waals surface area (Å²) in [6, 6.07) is 16.4. The first kappa shape index (κ1) is 19.9. The van der Waals surface area contributed by atoms with E-state index in [0.29, 0.717) is 24.3 Å². The van der Waals surface area contributed by atoms with Gasteiger partial charge in [0.15, 0.2) is 6.10 Å². The van der Waals surface area contributed by atoms with Gasteiger partial charge in [0, 0.05) is 5.57 Å². The van der Waals surface area contributed by atoms with E-state index >= 15 is 0 Å². The molecule has 1 aliphatic heterocycles. The van der Waals surface area contributed by atoms with E-state index in [1.165, 1.54) is 0 Å². The van der Waals surface area contributed by atoms with Crippen LogP contribution in [0.1, 0.15) is 22.3 Å². The maximum absolute atomic E-state index is 12.8. The largest absolute Gasteiger partial charge is 0.497 e. The molecule has 0 aromatic heterocycles. The molecule has 2 aromatic carbocycles. The molecule has 0 radical (unpaired) electrons. The summed E-state index contributed by atoms with van der Waals surface area (Å²) in [6.07, 6.45) is 1.05. The first-order valence-corrected chi connectivity index (χ1v) is 9.13. The summed E-state index contributed by atoms with van der Waals surface area (Å²) in [6.45, 7) is 3.92. The van der Waals surface area contributed by atoms with Gasteiger partial charge in [-0.05, 0) is 41.8 Å². The minimum atomic E-state index is -0.717. The molecule has 2 atom stereocenters. The molecule has 1 N–H and O–H groups in total. The molecule has 0 aliphatic carbocycles. The Kier molecular flexibility index (Phi) is 6.63. The molecule has 0 saturated heterocycles. The van der Waals surface area contributed by atoms with Crippen LogP contribution in [-0.2, 0) is 9.47 Å². The number of methoxy groups -OCH3 is 1. The number of aliphatic hydroxyl groups is 1. The maximum atomic E-state index is 12.8. The number of carbonyl (C=O) groups is 1. The highest BCUT2D eigenvalue weighted by atomic mass is 16.6. The van der Waals surface area contributed by atoms with Crippen molar-refractivity contribution in [1.82, 2.24) is 0 Å². The Morgan fingerprint density at radius 2 is 1.93 bits per heavy atom. The predicted molar refractivity (Wildman–Crippen MR) is 107 cm³/mol. The highest BCUT2D eigenvalue weighted by Crippen LogP contribution is 2.34. The zero-order valence-corrected chi connectivity index (χ0v) is 15.8. The Bertz CT molecular complexity index is 839. The predicted octanol–water partition coefficient (Wildman–Crippen LogP) is 3.64. The third-order valence-corrected chi connectivity index (χ3v) is 4.69. The Balaban J connectivity index is 1.96. The highest BCUT2D eigenvalue weighted by molar-refractivity contribution is 5.91. The molecule has 0 bridgehead atoms. The van der Waals surface area contributed by atoms with Crippen LogP contribution in [0.25, 0.3) is 5.57 Å². The first-order valence-electron chi connectivity index (χ1n) is 9.13. The van der Waals surface area contributed by atoms with Crippen molar-refractivity contribution < 1.29 is 24.1 Å². The monoisotopic (exact) mass is 380 g/mol. The molecule has 28 heavy (non-hydrogen) atoms. The normalized spacial score (nSPS) is 19.2. The molecule has 0 spiro atoms. The number of esters is 1. The molecular weight excluding hydrogens is 356 g/mol. The van der Waals surface area contributed by atoms with Crippen LogP contribution in [0.4, 0.5) is 0 Å². The zero-order chi connectivity index (χ0) is 19.9. The van der Waals surface area contributed by atoms with Crippen LogP contribution >= 0.6 is 0 Å². The van der Waals surface area contributed by atoms with E-state index in [2.05, 4.69) is 6.58 Å². The minimum absolute atomic E-state index is 0.252. The molecule has 1 aliphatic rings. The average Bonchev–Trinajstić information content (AvgIpc) is 2.75. The Morgan fingerprint density at radius 1 is 1.21 bits per heavy atom. The Hall–Kier alpha value is -2.89. The maximum Gasteiger partial charge on any atom is 0.338 e. The van der Waals surface area contributed by atoms with Crippen molar-refractivity contribution in [3.8, 4) is 5.75 Å². The van der Waals surface area contributed by atoms with Gasteiger partial charge in [0.1, 0.15) is 11.9 Å². The summed E-state index contributed by atoms with van der Waals surface area (Å²) in [7, 11) is 1.57. The quantitative estimate of drug-likeness (QED) is 0.587. The SMILES string of the molecule is C=CCC1=C(c2ccccc2)[C@H](OC(=O)c2ccc(OC)cc2)[C@@H](CO)OC1. The number of ether oxygens (including phenoxy) is 3. The van der Waals surface area contributed by atoms with Gasteiger partial charge in [0.2, 0.25) is 0 Å². The van der Waals surface area contributed by atoms with Gasteiger partial charge in [0.25, 0.3) is 0 Å². The third-order valence-electron chi connectivity index (χ3n) is 4.69. The van der Waals surface area contributed by atoms with Crippen LogP contribution in [0, 0.1) is 0 Å². The molecule has 146 valence electrons. The Labute approximate surface area is 164 Å². The fourth-order valence-corrected chi connectivity index (χ4v) is 3.28. The highest BCUT2D eigenvalue weighted by Gasteiger charge is 2.35. The van der Waals surface area contributed by atoms with Gasteiger partial charge in [-0.15, -0.1) is 6.58 Å². The first-order chi connectivity index (χ1) is 13.7. The summed E-state index contributed by atoms with van der Waals surface area (Å²) in [5.41, 5.74) is 3.19. The van der Waals surface area contributed by atoms with Crippen LogP contribution in [0.15, 0.2) is 72.8 Å². The van der Waals surface area contributed by atoms with E-state index in [0.717, 1.165) is 16.7 Å². The number of benzene rings is 2. The number of carbonyl (C=O) groups excluding carboxylic acids is 1. The number of hydrogen-bond acceptors (Lipinski definition) is 5. The lowest BCUT2D eigenvalue weighted by Gasteiger charge is -2.34. The van der Waals surface area contributed by atoms with Gasteiger partial charge in [-0.2, -0.15) is 0 Å². The fraction of sp³-hybridized carbons (Fsp3) is 0.261. The van der Waals surface area contributed by atoms with E-state index in [1.807, 2.05) is 30.3 Å². The molecule has 0 amide bonds. The summed E-state index contributed by atoms with van der Waals surface area (Å²) in [5.74, 6) is 0.173. The number of allylic oxidation sites excluding steroid dienone is 1. The molecule has 1 heterocycles. The molecule has 0 saturated carbocycles. The van der Waals surface area contributed by atoms with Crippen molar-refractivity contribution in [2.75, 3.05) is 20.3 Å². The van der Waals surface area contributed by atoms with Gasteiger partial charge in [-0.1, -0.05) is 36.4 Å². The van der Waals surface area contributed by atoms with Crippen LogP contribution < -0.4 is 4.74 Å². The summed E-state index contributed by atoms with van der Waals surface area (Å²) >= 11 is 0. The summed E-state index contributed by atoms with van der Waals surface area (Å²) < 4.78 is 16.7. The molecule has 3 rings (SSSR count). The molecule has 5 nitrogen and oxygen atoms in total. The minimum Gasteiger partial charge on any atom is -0.497 e. The number of hydrogen-bond donors (Lipinski definition) is 1. The summed E-state index contributed by atoms with van der Waals surface area (Å²) in [4.78, 5) is 12.8. The standard InChI is InChI=1S/C23H24O5/c1-3-7-18-15-27-20(14-24)22(21(18)16-8-5-4-6-9-16)28-23(25)17-10-12-19(26-2)13-11-17/h3-6,8-13,20,22,24H,1,7,14-15H2,2H3/t20-,22-/m1/s1. The lowest BCUT2D eigenvalue weighted by molar-refractivity contribution is -0.0550. The van der Waals surface area contributed by atoms with Crippen LogP contribution in [0.3, 0.4) is 0 Å². The topological polar surface area (TPSA) is 65.0 Å². The van der Waals surface area contributed by atoms with Crippen LogP contribution in [0.2, 0.25) is 0 Å². The summed E-state index contributed by atoms with van der Waals surface area (Å²) in [5, 5.41) is 9.82. The second kappa shape index (κ2) is 9.35. The molecule has 5 heteroatoms. The van der Waals surface area contributed by atoms with E-state index in [1.54, 1.807) is 37.5 Å². The average molecular weight is 380 g/mol. The second-order valence-corrected chi connectivity index (χ2v) is 6.46. The number of rotatable bonds is 7. The fourth-order valence-electron chi connectivity index (χ4n) is 3.28. The zero-order valence-electron chi connectivity index (χ0n) is 15.8. The van der Waals surface area contributed by atoms with Gasteiger partial charge < -0.3 is 19.3 Å². The van der Waals surface area contributed by atoms with E-state index in [9.17, 15) is 9.90 Å². The van der Waals surface area contributed by atoms with E-state index in [4.69, 9.17) is 14.2 Å². The van der Waals surface area contributed by atoms with Crippen LogP contribution in [0.5, 0.6) is 5.75 Å². The van der Waals surface area contributed by atoms with Gasteiger partial charge in [-0.3, -0.25) is 0 Å². The van der Waals surface area contributed by atoms with Crippen molar-refractivity contribution in [3.05, 3.63) is 84.0 Å². The van der Waals surface area contributed by atoms with Crippen molar-refractivity contribution in [2.45, 2.75) is 18.6 Å². The van der Waals surface area contributed by atoms with E-state index in [-0.39, 0.29) is 6.61 Å². The van der Waals surface area contributed by atoms with Crippen molar-refractivity contribution in [1.29, 1.82) is 0 Å².